The quantitative estimate of drug-likeness (QED) is 0.675. The molecule has 0 aliphatic rings. The van der Waals surface area contributed by atoms with E-state index < -0.39 is 15.4 Å². The minimum atomic E-state index is -3.33. The van der Waals surface area contributed by atoms with Gasteiger partial charge in [-0.25, -0.2) is 13.4 Å². The van der Waals surface area contributed by atoms with E-state index in [1.54, 1.807) is 50.4 Å². The van der Waals surface area contributed by atoms with E-state index in [4.69, 9.17) is 0 Å². The number of carbonyl (C=O) groups excluding carboxylic acids is 2. The van der Waals surface area contributed by atoms with Crippen molar-refractivity contribution in [1.29, 1.82) is 0 Å². The number of anilines is 2. The molecule has 1 aromatic carbocycles. The van der Waals surface area contributed by atoms with E-state index in [0.29, 0.717) is 16.5 Å². The lowest BCUT2D eigenvalue weighted by atomic mass is 9.96. The van der Waals surface area contributed by atoms with E-state index in [0.717, 1.165) is 11.8 Å². The molecule has 0 saturated heterocycles. The molecular weight excluding hydrogens is 388 g/mol. The van der Waals surface area contributed by atoms with Crippen LogP contribution in [0.4, 0.5) is 10.8 Å². The summed E-state index contributed by atoms with van der Waals surface area (Å²) in [5.41, 5.74) is 1.33. The van der Waals surface area contributed by atoms with Gasteiger partial charge < -0.3 is 10.6 Å². The molecule has 10 heteroatoms. The molecule has 0 aliphatic heterocycles. The molecule has 146 valence electrons. The van der Waals surface area contributed by atoms with Gasteiger partial charge in [0, 0.05) is 22.0 Å². The number of aromatic nitrogens is 1. The maximum Gasteiger partial charge on any atom is 0.245 e. The van der Waals surface area contributed by atoms with Gasteiger partial charge in [-0.2, -0.15) is 0 Å². The van der Waals surface area contributed by atoms with Crippen molar-refractivity contribution in [3.05, 3.63) is 29.6 Å². The predicted molar refractivity (Wildman–Crippen MR) is 107 cm³/mol. The fourth-order valence-electron chi connectivity index (χ4n) is 1.98. The third-order valence-corrected chi connectivity index (χ3v) is 4.69. The van der Waals surface area contributed by atoms with Crippen molar-refractivity contribution in [1.82, 2.24) is 10.3 Å². The monoisotopic (exact) mass is 410 g/mol. The minimum absolute atomic E-state index is 0.128. The molecule has 3 N–H and O–H groups in total. The first-order valence-electron chi connectivity index (χ1n) is 8.06. The molecule has 0 atom stereocenters. The van der Waals surface area contributed by atoms with Crippen molar-refractivity contribution < 1.29 is 18.0 Å². The van der Waals surface area contributed by atoms with E-state index in [1.807, 2.05) is 0 Å². The Morgan fingerprint density at radius 3 is 2.33 bits per heavy atom. The van der Waals surface area contributed by atoms with Gasteiger partial charge in [0.2, 0.25) is 21.8 Å². The lowest BCUT2D eigenvalue weighted by Crippen LogP contribution is -2.39. The molecule has 2 amide bonds. The van der Waals surface area contributed by atoms with Gasteiger partial charge >= 0.3 is 0 Å². The molecule has 0 fully saturated rings. The van der Waals surface area contributed by atoms with Crippen LogP contribution in [0.5, 0.6) is 0 Å². The summed E-state index contributed by atoms with van der Waals surface area (Å²) in [7, 11) is -3.33. The van der Waals surface area contributed by atoms with Crippen LogP contribution in [0, 0.1) is 5.41 Å². The summed E-state index contributed by atoms with van der Waals surface area (Å²) in [4.78, 5) is 28.1. The number of hydrogen-bond acceptors (Lipinski definition) is 6. The van der Waals surface area contributed by atoms with Crippen molar-refractivity contribution in [2.45, 2.75) is 20.8 Å². The van der Waals surface area contributed by atoms with Gasteiger partial charge in [0.1, 0.15) is 0 Å². The molecular formula is C17H22N4O4S2. The van der Waals surface area contributed by atoms with Crippen molar-refractivity contribution in [3.8, 4) is 11.3 Å². The van der Waals surface area contributed by atoms with E-state index in [1.165, 1.54) is 11.3 Å². The molecule has 2 aromatic rings. The number of nitrogens with zero attached hydrogens (tertiary/aromatic N) is 1. The molecule has 0 saturated carbocycles. The Morgan fingerprint density at radius 1 is 1.15 bits per heavy atom. The average Bonchev–Trinajstić information content (AvgIpc) is 2.99. The lowest BCUT2D eigenvalue weighted by Gasteiger charge is -2.17. The molecule has 0 bridgehead atoms. The first-order chi connectivity index (χ1) is 12.4. The maximum atomic E-state index is 11.9. The standard InChI is InChI=1S/C17H22N4O4S2/c1-17(2,3)15(23)18-9-14(22)20-16-19-13(10-26-16)11-5-7-12(8-6-11)21-27(4,24)25/h5-8,10,21H,9H2,1-4H3,(H,18,23)(H,19,20,22). The van der Waals surface area contributed by atoms with Gasteiger partial charge in [0.25, 0.3) is 0 Å². The van der Waals surface area contributed by atoms with Gasteiger partial charge in [0.15, 0.2) is 5.13 Å². The first-order valence-corrected chi connectivity index (χ1v) is 10.8. The Labute approximate surface area is 162 Å². The molecule has 27 heavy (non-hydrogen) atoms. The molecule has 0 radical (unpaired) electrons. The first kappa shape index (κ1) is 20.8. The normalized spacial score (nSPS) is 11.7. The van der Waals surface area contributed by atoms with Crippen LogP contribution in [0.2, 0.25) is 0 Å². The third-order valence-electron chi connectivity index (χ3n) is 3.33. The Balaban J connectivity index is 1.96. The third kappa shape index (κ3) is 6.65. The second-order valence-corrected chi connectivity index (χ2v) is 9.58. The van der Waals surface area contributed by atoms with Crippen LogP contribution in [0.3, 0.4) is 0 Å². The van der Waals surface area contributed by atoms with Crippen molar-refractivity contribution in [3.63, 3.8) is 0 Å². The highest BCUT2D eigenvalue weighted by Gasteiger charge is 2.21. The van der Waals surface area contributed by atoms with Crippen LogP contribution in [0.1, 0.15) is 20.8 Å². The van der Waals surface area contributed by atoms with Gasteiger partial charge in [-0.05, 0) is 12.1 Å². The van der Waals surface area contributed by atoms with E-state index >= 15 is 0 Å². The average molecular weight is 411 g/mol. The summed E-state index contributed by atoms with van der Waals surface area (Å²) in [5, 5.41) is 7.41. The fraction of sp³-hybridized carbons (Fsp3) is 0.353. The summed E-state index contributed by atoms with van der Waals surface area (Å²) in [6.07, 6.45) is 1.08. The highest BCUT2D eigenvalue weighted by molar-refractivity contribution is 7.92. The number of sulfonamides is 1. The number of hydrogen-bond donors (Lipinski definition) is 3. The van der Waals surface area contributed by atoms with E-state index in [2.05, 4.69) is 20.3 Å². The van der Waals surface area contributed by atoms with Crippen molar-refractivity contribution >= 4 is 44.0 Å². The Bertz CT molecular complexity index is 929. The van der Waals surface area contributed by atoms with Crippen molar-refractivity contribution in [2.24, 2.45) is 5.41 Å². The molecule has 0 aliphatic carbocycles. The fourth-order valence-corrected chi connectivity index (χ4v) is 3.28. The van der Waals surface area contributed by atoms with Gasteiger partial charge in [0.05, 0.1) is 18.5 Å². The molecule has 0 spiro atoms. The number of nitrogens with one attached hydrogen (secondary N) is 3. The highest BCUT2D eigenvalue weighted by Crippen LogP contribution is 2.26. The molecule has 1 aromatic heterocycles. The van der Waals surface area contributed by atoms with Crippen LogP contribution in [0.25, 0.3) is 11.3 Å². The molecule has 1 heterocycles. The lowest BCUT2D eigenvalue weighted by molar-refractivity contribution is -0.130. The second kappa shape index (κ2) is 8.05. The van der Waals surface area contributed by atoms with Gasteiger partial charge in [-0.1, -0.05) is 32.9 Å². The van der Waals surface area contributed by atoms with Crippen LogP contribution in [-0.4, -0.2) is 38.0 Å². The second-order valence-electron chi connectivity index (χ2n) is 6.97. The van der Waals surface area contributed by atoms with Crippen molar-refractivity contribution in [2.75, 3.05) is 22.8 Å². The Morgan fingerprint density at radius 2 is 1.78 bits per heavy atom. The number of benzene rings is 1. The molecule has 2 rings (SSSR count). The number of carbonyl (C=O) groups is 2. The smallest absolute Gasteiger partial charge is 0.245 e. The molecule has 0 unspecified atom stereocenters. The summed E-state index contributed by atoms with van der Waals surface area (Å²) >= 11 is 1.26. The zero-order valence-electron chi connectivity index (χ0n) is 15.5. The summed E-state index contributed by atoms with van der Waals surface area (Å²) in [5.74, 6) is -0.568. The zero-order valence-corrected chi connectivity index (χ0v) is 17.1. The summed E-state index contributed by atoms with van der Waals surface area (Å²) < 4.78 is 24.8. The van der Waals surface area contributed by atoms with Gasteiger partial charge in [-0.3, -0.25) is 14.3 Å². The minimum Gasteiger partial charge on any atom is -0.347 e. The summed E-state index contributed by atoms with van der Waals surface area (Å²) in [6.45, 7) is 5.18. The maximum absolute atomic E-state index is 11.9. The van der Waals surface area contributed by atoms with Crippen LogP contribution < -0.4 is 15.4 Å². The Kier molecular flexibility index (Phi) is 6.22. The SMILES string of the molecule is CC(C)(C)C(=O)NCC(=O)Nc1nc(-c2ccc(NS(C)(=O)=O)cc2)cs1. The largest absolute Gasteiger partial charge is 0.347 e. The molecule has 8 nitrogen and oxygen atoms in total. The highest BCUT2D eigenvalue weighted by atomic mass is 32.2. The number of rotatable bonds is 6. The summed E-state index contributed by atoms with van der Waals surface area (Å²) in [6, 6.07) is 6.74. The zero-order chi connectivity index (χ0) is 20.2. The predicted octanol–water partition coefficient (Wildman–Crippen LogP) is 2.28. The topological polar surface area (TPSA) is 117 Å². The van der Waals surface area contributed by atoms with Crippen LogP contribution in [-0.2, 0) is 19.6 Å². The van der Waals surface area contributed by atoms with Gasteiger partial charge in [-0.15, -0.1) is 11.3 Å². The number of amides is 2. The van der Waals surface area contributed by atoms with Crippen LogP contribution >= 0.6 is 11.3 Å². The van der Waals surface area contributed by atoms with Crippen LogP contribution in [0.15, 0.2) is 29.6 Å². The Hall–Kier alpha value is -2.46. The number of thiazole rings is 1. The van der Waals surface area contributed by atoms with E-state index in [-0.39, 0.29) is 18.4 Å². The van der Waals surface area contributed by atoms with E-state index in [9.17, 15) is 18.0 Å².